The Kier molecular flexibility index (Phi) is 5.94. The Bertz CT molecular complexity index is 706. The summed E-state index contributed by atoms with van der Waals surface area (Å²) in [5.74, 6) is 0. The van der Waals surface area contributed by atoms with Crippen molar-refractivity contribution < 1.29 is 0 Å². The van der Waals surface area contributed by atoms with Gasteiger partial charge >= 0.3 is 0 Å². The number of fused-ring (bicyclic) bond motifs is 3. The van der Waals surface area contributed by atoms with Crippen molar-refractivity contribution >= 4 is 5.69 Å². The summed E-state index contributed by atoms with van der Waals surface area (Å²) in [6, 6.07) is 16.4. The van der Waals surface area contributed by atoms with Gasteiger partial charge in [-0.3, -0.25) is 0 Å². The standard InChI is InChI=1S/C25H33N/c1-2-4-6-8-14-21(15-9-7-5-3-1)26-25-18-12-17-23-22-16-11-10-13-20(22)19-24(23)25/h10-13,16-18,21,26H,1-9,14-15,19H2. The molecule has 1 fully saturated rings. The van der Waals surface area contributed by atoms with Crippen LogP contribution in [0.25, 0.3) is 11.1 Å². The number of hydrogen-bond acceptors (Lipinski definition) is 1. The van der Waals surface area contributed by atoms with Crippen molar-refractivity contribution in [3.05, 3.63) is 53.6 Å². The summed E-state index contributed by atoms with van der Waals surface area (Å²) in [6.07, 6.45) is 16.6. The van der Waals surface area contributed by atoms with Gasteiger partial charge in [0.2, 0.25) is 0 Å². The van der Waals surface area contributed by atoms with E-state index in [-0.39, 0.29) is 0 Å². The third-order valence-corrected chi connectivity index (χ3v) is 6.32. The van der Waals surface area contributed by atoms with Crippen LogP contribution in [0.3, 0.4) is 0 Å². The molecular weight excluding hydrogens is 314 g/mol. The Morgan fingerprint density at radius 2 is 1.23 bits per heavy atom. The van der Waals surface area contributed by atoms with Gasteiger partial charge in [0.25, 0.3) is 0 Å². The first-order chi connectivity index (χ1) is 12.9. The van der Waals surface area contributed by atoms with Crippen LogP contribution in [0.5, 0.6) is 0 Å². The summed E-state index contributed by atoms with van der Waals surface area (Å²) in [7, 11) is 0. The first kappa shape index (κ1) is 17.6. The Balaban J connectivity index is 1.47. The molecule has 0 heterocycles. The highest BCUT2D eigenvalue weighted by Crippen LogP contribution is 2.40. The Hall–Kier alpha value is -1.76. The third kappa shape index (κ3) is 4.14. The predicted molar refractivity (Wildman–Crippen MR) is 113 cm³/mol. The van der Waals surface area contributed by atoms with E-state index >= 15 is 0 Å². The van der Waals surface area contributed by atoms with Crippen molar-refractivity contribution in [3.8, 4) is 11.1 Å². The summed E-state index contributed by atoms with van der Waals surface area (Å²) >= 11 is 0. The van der Waals surface area contributed by atoms with Crippen LogP contribution in [0.1, 0.15) is 81.8 Å². The molecular formula is C25H33N. The van der Waals surface area contributed by atoms with Crippen molar-refractivity contribution in [1.29, 1.82) is 0 Å². The van der Waals surface area contributed by atoms with Gasteiger partial charge < -0.3 is 5.32 Å². The molecule has 4 rings (SSSR count). The lowest BCUT2D eigenvalue weighted by molar-refractivity contribution is 0.480. The van der Waals surface area contributed by atoms with E-state index in [0.717, 1.165) is 6.42 Å². The van der Waals surface area contributed by atoms with Crippen LogP contribution in [-0.2, 0) is 6.42 Å². The maximum Gasteiger partial charge on any atom is 0.0384 e. The highest BCUT2D eigenvalue weighted by Gasteiger charge is 2.21. The zero-order valence-electron chi connectivity index (χ0n) is 16.1. The second-order valence-corrected chi connectivity index (χ2v) is 8.27. The lowest BCUT2D eigenvalue weighted by atomic mass is 9.97. The molecule has 0 saturated heterocycles. The van der Waals surface area contributed by atoms with E-state index < -0.39 is 0 Å². The first-order valence-electron chi connectivity index (χ1n) is 10.9. The molecule has 0 spiro atoms. The molecule has 26 heavy (non-hydrogen) atoms. The second kappa shape index (κ2) is 8.75. The first-order valence-corrected chi connectivity index (χ1v) is 10.9. The molecule has 1 heteroatoms. The molecule has 0 unspecified atom stereocenters. The highest BCUT2D eigenvalue weighted by molar-refractivity contribution is 5.82. The number of benzene rings is 2. The number of hydrogen-bond donors (Lipinski definition) is 1. The summed E-state index contributed by atoms with van der Waals surface area (Å²) in [5.41, 5.74) is 7.26. The Morgan fingerprint density at radius 3 is 1.96 bits per heavy atom. The highest BCUT2D eigenvalue weighted by atomic mass is 14.9. The normalized spacial score (nSPS) is 19.1. The number of rotatable bonds is 2. The van der Waals surface area contributed by atoms with Crippen LogP contribution in [0.4, 0.5) is 5.69 Å². The lowest BCUT2D eigenvalue weighted by Gasteiger charge is -2.22. The minimum Gasteiger partial charge on any atom is -0.382 e. The van der Waals surface area contributed by atoms with E-state index in [1.54, 1.807) is 0 Å². The summed E-state index contributed by atoms with van der Waals surface area (Å²) in [4.78, 5) is 0. The largest absolute Gasteiger partial charge is 0.382 e. The van der Waals surface area contributed by atoms with E-state index in [0.29, 0.717) is 6.04 Å². The number of anilines is 1. The third-order valence-electron chi connectivity index (χ3n) is 6.32. The zero-order chi connectivity index (χ0) is 17.6. The van der Waals surface area contributed by atoms with E-state index in [9.17, 15) is 0 Å². The monoisotopic (exact) mass is 347 g/mol. The van der Waals surface area contributed by atoms with Crippen molar-refractivity contribution in [1.82, 2.24) is 0 Å². The van der Waals surface area contributed by atoms with E-state index in [2.05, 4.69) is 47.8 Å². The van der Waals surface area contributed by atoms with Gasteiger partial charge in [-0.25, -0.2) is 0 Å². The molecule has 0 atom stereocenters. The molecule has 2 aromatic carbocycles. The van der Waals surface area contributed by atoms with Gasteiger partial charge in [0.05, 0.1) is 0 Å². The molecule has 2 aromatic rings. The zero-order valence-corrected chi connectivity index (χ0v) is 16.1. The maximum absolute atomic E-state index is 3.97. The molecule has 1 N–H and O–H groups in total. The molecule has 2 aliphatic carbocycles. The minimum absolute atomic E-state index is 0.643. The van der Waals surface area contributed by atoms with Gasteiger partial charge in [-0.1, -0.05) is 94.2 Å². The quantitative estimate of drug-likeness (QED) is 0.511. The molecule has 0 radical (unpaired) electrons. The number of nitrogens with one attached hydrogen (secondary N) is 1. The van der Waals surface area contributed by atoms with Gasteiger partial charge in [-0.05, 0) is 41.2 Å². The molecule has 0 bridgehead atoms. The van der Waals surface area contributed by atoms with E-state index in [4.69, 9.17) is 0 Å². The fraction of sp³-hybridized carbons (Fsp3) is 0.520. The molecule has 2 aliphatic rings. The second-order valence-electron chi connectivity index (χ2n) is 8.27. The van der Waals surface area contributed by atoms with Crippen molar-refractivity contribution in [2.45, 2.75) is 83.1 Å². The summed E-state index contributed by atoms with van der Waals surface area (Å²) in [5, 5.41) is 3.97. The van der Waals surface area contributed by atoms with E-state index in [1.807, 2.05) is 0 Å². The average molecular weight is 348 g/mol. The van der Waals surface area contributed by atoms with Gasteiger partial charge in [0.15, 0.2) is 0 Å². The topological polar surface area (TPSA) is 12.0 Å². The summed E-state index contributed by atoms with van der Waals surface area (Å²) < 4.78 is 0. The van der Waals surface area contributed by atoms with Crippen molar-refractivity contribution in [2.24, 2.45) is 0 Å². The van der Waals surface area contributed by atoms with Crippen molar-refractivity contribution in [2.75, 3.05) is 5.32 Å². The predicted octanol–water partition coefficient (Wildman–Crippen LogP) is 7.34. The summed E-state index contributed by atoms with van der Waals surface area (Å²) in [6.45, 7) is 0. The molecule has 0 aromatic heterocycles. The lowest BCUT2D eigenvalue weighted by Crippen LogP contribution is -2.20. The Labute approximate surface area is 159 Å². The smallest absolute Gasteiger partial charge is 0.0384 e. The maximum atomic E-state index is 3.97. The van der Waals surface area contributed by atoms with E-state index in [1.165, 1.54) is 98.6 Å². The van der Waals surface area contributed by atoms with Crippen LogP contribution in [0, 0.1) is 0 Å². The average Bonchev–Trinajstić information content (AvgIpc) is 3.04. The molecule has 0 aliphatic heterocycles. The van der Waals surface area contributed by atoms with Gasteiger partial charge in [-0.2, -0.15) is 0 Å². The van der Waals surface area contributed by atoms with Crippen LogP contribution in [0.2, 0.25) is 0 Å². The van der Waals surface area contributed by atoms with Crippen LogP contribution >= 0.6 is 0 Å². The molecule has 1 saturated carbocycles. The van der Waals surface area contributed by atoms with Crippen LogP contribution < -0.4 is 5.32 Å². The minimum atomic E-state index is 0.643. The molecule has 0 amide bonds. The molecule has 1 nitrogen and oxygen atoms in total. The van der Waals surface area contributed by atoms with Gasteiger partial charge in [0, 0.05) is 18.2 Å². The fourth-order valence-electron chi connectivity index (χ4n) is 4.82. The van der Waals surface area contributed by atoms with Crippen molar-refractivity contribution in [3.63, 3.8) is 0 Å². The van der Waals surface area contributed by atoms with Crippen LogP contribution in [0.15, 0.2) is 42.5 Å². The van der Waals surface area contributed by atoms with Gasteiger partial charge in [0.1, 0.15) is 0 Å². The Morgan fingerprint density at radius 1 is 0.615 bits per heavy atom. The SMILES string of the molecule is c1ccc2c(c1)Cc1c(NC3CCCCCCCCCCC3)cccc1-2. The fourth-order valence-corrected chi connectivity index (χ4v) is 4.82. The van der Waals surface area contributed by atoms with Gasteiger partial charge in [-0.15, -0.1) is 0 Å². The molecule has 138 valence electrons. The van der Waals surface area contributed by atoms with Crippen LogP contribution in [-0.4, -0.2) is 6.04 Å².